The number of carbonyl (C=O) groups is 1. The molecule has 0 aromatic carbocycles. The Labute approximate surface area is 77.7 Å². The molecule has 2 N–H and O–H groups in total. The molecule has 0 aliphatic carbocycles. The third-order valence-corrected chi connectivity index (χ3v) is 3.16. The van der Waals surface area contributed by atoms with Gasteiger partial charge in [0.1, 0.15) is 0 Å². The molecular weight excluding hydrogens is 172 g/mol. The van der Waals surface area contributed by atoms with Crippen molar-refractivity contribution in [2.45, 2.75) is 18.6 Å². The van der Waals surface area contributed by atoms with Crippen LogP contribution in [0.15, 0.2) is 0 Å². The molecule has 0 bridgehead atoms. The second kappa shape index (κ2) is 5.43. The van der Waals surface area contributed by atoms with Crippen LogP contribution in [0.4, 0.5) is 0 Å². The van der Waals surface area contributed by atoms with Crippen LogP contribution in [-0.2, 0) is 4.79 Å². The van der Waals surface area contributed by atoms with E-state index in [-0.39, 0.29) is 5.91 Å². The standard InChI is InChI=1S/C8H16N2OS/c1-7(11)10-3-2-8-6-9-4-5-12-8/h8-9H,2-6H2,1H3,(H,10,11). The van der Waals surface area contributed by atoms with Gasteiger partial charge in [0.05, 0.1) is 0 Å². The Morgan fingerprint density at radius 3 is 3.17 bits per heavy atom. The van der Waals surface area contributed by atoms with E-state index in [1.54, 1.807) is 6.92 Å². The topological polar surface area (TPSA) is 41.1 Å². The Balaban J connectivity index is 2.01. The van der Waals surface area contributed by atoms with Gasteiger partial charge in [0.15, 0.2) is 0 Å². The zero-order chi connectivity index (χ0) is 8.81. The van der Waals surface area contributed by atoms with Crippen molar-refractivity contribution >= 4 is 17.7 Å². The van der Waals surface area contributed by atoms with Crippen molar-refractivity contribution in [1.82, 2.24) is 10.6 Å². The Bertz CT molecular complexity index is 146. The zero-order valence-corrected chi connectivity index (χ0v) is 8.25. The first-order valence-electron chi connectivity index (χ1n) is 4.36. The quantitative estimate of drug-likeness (QED) is 0.665. The van der Waals surface area contributed by atoms with Gasteiger partial charge in [-0.3, -0.25) is 4.79 Å². The lowest BCUT2D eigenvalue weighted by Crippen LogP contribution is -2.35. The van der Waals surface area contributed by atoms with Gasteiger partial charge in [-0.15, -0.1) is 0 Å². The van der Waals surface area contributed by atoms with Gasteiger partial charge in [0.2, 0.25) is 5.91 Å². The molecule has 1 aliphatic rings. The Morgan fingerprint density at radius 2 is 2.58 bits per heavy atom. The maximum absolute atomic E-state index is 10.6. The fourth-order valence-electron chi connectivity index (χ4n) is 1.21. The van der Waals surface area contributed by atoms with Crippen LogP contribution in [0, 0.1) is 0 Å². The predicted octanol–water partition coefficient (Wildman–Crippen LogP) is 0.218. The minimum absolute atomic E-state index is 0.0729. The molecule has 0 radical (unpaired) electrons. The van der Waals surface area contributed by atoms with Crippen molar-refractivity contribution in [3.8, 4) is 0 Å². The molecule has 0 saturated carbocycles. The molecule has 3 nitrogen and oxygen atoms in total. The Hall–Kier alpha value is -0.220. The van der Waals surface area contributed by atoms with E-state index in [9.17, 15) is 4.79 Å². The van der Waals surface area contributed by atoms with Crippen LogP contribution in [0.2, 0.25) is 0 Å². The SMILES string of the molecule is CC(=O)NCCC1CNCCS1. The van der Waals surface area contributed by atoms with E-state index in [1.165, 1.54) is 5.75 Å². The van der Waals surface area contributed by atoms with Crippen LogP contribution in [0.1, 0.15) is 13.3 Å². The van der Waals surface area contributed by atoms with Crippen LogP contribution in [0.25, 0.3) is 0 Å². The number of carbonyl (C=O) groups excluding carboxylic acids is 1. The second-order valence-corrected chi connectivity index (χ2v) is 4.38. The van der Waals surface area contributed by atoms with E-state index in [0.717, 1.165) is 26.1 Å². The maximum Gasteiger partial charge on any atom is 0.216 e. The van der Waals surface area contributed by atoms with Gasteiger partial charge in [0.25, 0.3) is 0 Å². The summed E-state index contributed by atoms with van der Waals surface area (Å²) in [5.41, 5.74) is 0. The fourth-order valence-corrected chi connectivity index (χ4v) is 2.33. The average molecular weight is 188 g/mol. The lowest BCUT2D eigenvalue weighted by molar-refractivity contribution is -0.118. The summed E-state index contributed by atoms with van der Waals surface area (Å²) < 4.78 is 0. The maximum atomic E-state index is 10.6. The summed E-state index contributed by atoms with van der Waals surface area (Å²) in [7, 11) is 0. The molecule has 0 aromatic heterocycles. The monoisotopic (exact) mass is 188 g/mol. The molecule has 1 atom stereocenters. The van der Waals surface area contributed by atoms with Crippen LogP contribution in [-0.4, -0.2) is 36.5 Å². The fraction of sp³-hybridized carbons (Fsp3) is 0.875. The summed E-state index contributed by atoms with van der Waals surface area (Å²) in [5.74, 6) is 1.27. The van der Waals surface area contributed by atoms with Gasteiger partial charge in [-0.1, -0.05) is 0 Å². The highest BCUT2D eigenvalue weighted by Crippen LogP contribution is 2.15. The van der Waals surface area contributed by atoms with Gasteiger partial charge in [-0.05, 0) is 6.42 Å². The van der Waals surface area contributed by atoms with Crippen molar-refractivity contribution in [2.24, 2.45) is 0 Å². The van der Waals surface area contributed by atoms with Crippen molar-refractivity contribution in [2.75, 3.05) is 25.4 Å². The predicted molar refractivity (Wildman–Crippen MR) is 52.4 cm³/mol. The number of nitrogens with one attached hydrogen (secondary N) is 2. The van der Waals surface area contributed by atoms with E-state index >= 15 is 0 Å². The largest absolute Gasteiger partial charge is 0.356 e. The molecule has 4 heteroatoms. The molecular formula is C8H16N2OS. The smallest absolute Gasteiger partial charge is 0.216 e. The van der Waals surface area contributed by atoms with Gasteiger partial charge >= 0.3 is 0 Å². The number of hydrogen-bond acceptors (Lipinski definition) is 3. The summed E-state index contributed by atoms with van der Waals surface area (Å²) in [6, 6.07) is 0. The zero-order valence-electron chi connectivity index (χ0n) is 7.43. The van der Waals surface area contributed by atoms with Gasteiger partial charge < -0.3 is 10.6 Å². The van der Waals surface area contributed by atoms with Crippen LogP contribution in [0.5, 0.6) is 0 Å². The molecule has 1 rings (SSSR count). The molecule has 1 fully saturated rings. The second-order valence-electron chi connectivity index (χ2n) is 2.97. The lowest BCUT2D eigenvalue weighted by Gasteiger charge is -2.22. The first-order chi connectivity index (χ1) is 5.79. The van der Waals surface area contributed by atoms with Crippen molar-refractivity contribution in [1.29, 1.82) is 0 Å². The summed E-state index contributed by atoms with van der Waals surface area (Å²) in [6.07, 6.45) is 1.08. The van der Waals surface area contributed by atoms with E-state index in [2.05, 4.69) is 10.6 Å². The van der Waals surface area contributed by atoms with Crippen molar-refractivity contribution < 1.29 is 4.79 Å². The van der Waals surface area contributed by atoms with Crippen molar-refractivity contribution in [3.63, 3.8) is 0 Å². The molecule has 70 valence electrons. The highest BCUT2D eigenvalue weighted by atomic mass is 32.2. The molecule has 1 aliphatic heterocycles. The normalized spacial score (nSPS) is 23.6. The highest BCUT2D eigenvalue weighted by Gasteiger charge is 2.12. The molecule has 0 spiro atoms. The first kappa shape index (κ1) is 9.86. The summed E-state index contributed by atoms with van der Waals surface area (Å²) in [4.78, 5) is 10.6. The minimum Gasteiger partial charge on any atom is -0.356 e. The lowest BCUT2D eigenvalue weighted by atomic mass is 10.3. The Kier molecular flexibility index (Phi) is 4.46. The van der Waals surface area contributed by atoms with Gasteiger partial charge in [0, 0.05) is 37.6 Å². The third kappa shape index (κ3) is 3.97. The van der Waals surface area contributed by atoms with Crippen LogP contribution >= 0.6 is 11.8 Å². The number of amides is 1. The number of thioether (sulfide) groups is 1. The summed E-state index contributed by atoms with van der Waals surface area (Å²) >= 11 is 2.00. The van der Waals surface area contributed by atoms with Gasteiger partial charge in [-0.25, -0.2) is 0 Å². The number of hydrogen-bond donors (Lipinski definition) is 2. The first-order valence-corrected chi connectivity index (χ1v) is 5.40. The van der Waals surface area contributed by atoms with Crippen LogP contribution in [0.3, 0.4) is 0 Å². The van der Waals surface area contributed by atoms with Gasteiger partial charge in [-0.2, -0.15) is 11.8 Å². The molecule has 0 aromatic rings. The Morgan fingerprint density at radius 1 is 1.75 bits per heavy atom. The van der Waals surface area contributed by atoms with E-state index in [1.807, 2.05) is 11.8 Å². The molecule has 1 heterocycles. The molecule has 1 saturated heterocycles. The summed E-state index contributed by atoms with van der Waals surface area (Å²) in [5, 5.41) is 6.84. The summed E-state index contributed by atoms with van der Waals surface area (Å²) in [6.45, 7) is 4.59. The molecule has 1 amide bonds. The van der Waals surface area contributed by atoms with E-state index in [0.29, 0.717) is 5.25 Å². The van der Waals surface area contributed by atoms with E-state index in [4.69, 9.17) is 0 Å². The van der Waals surface area contributed by atoms with Crippen molar-refractivity contribution in [3.05, 3.63) is 0 Å². The average Bonchev–Trinajstić information content (AvgIpc) is 2.05. The third-order valence-electron chi connectivity index (χ3n) is 1.84. The minimum atomic E-state index is 0.0729. The molecule has 12 heavy (non-hydrogen) atoms. The molecule has 1 unspecified atom stereocenters. The number of rotatable bonds is 3. The van der Waals surface area contributed by atoms with E-state index < -0.39 is 0 Å². The van der Waals surface area contributed by atoms with Crippen LogP contribution < -0.4 is 10.6 Å². The highest BCUT2D eigenvalue weighted by molar-refractivity contribution is 8.00.